The Bertz CT molecular complexity index is 1590. The van der Waals surface area contributed by atoms with Crippen LogP contribution in [0, 0.1) is 0 Å². The second kappa shape index (κ2) is 14.2. The average Bonchev–Trinajstić information content (AvgIpc) is 3.42. The predicted octanol–water partition coefficient (Wildman–Crippen LogP) is -0.308. The van der Waals surface area contributed by atoms with Crippen molar-refractivity contribution in [2.45, 2.75) is 50.4 Å². The van der Waals surface area contributed by atoms with E-state index >= 15 is 0 Å². The van der Waals surface area contributed by atoms with Gasteiger partial charge in [0.1, 0.15) is 24.1 Å². The Kier molecular flexibility index (Phi) is 10.6. The highest BCUT2D eigenvalue weighted by atomic mass is 32.3. The van der Waals surface area contributed by atoms with E-state index in [4.69, 9.17) is 19.9 Å². The first-order valence-electron chi connectivity index (χ1n) is 13.6. The molecule has 4 rings (SSSR count). The Hall–Kier alpha value is -4.57. The fourth-order valence-corrected chi connectivity index (χ4v) is 5.42. The molecule has 21 heteroatoms. The SMILES string of the molecule is CC1(C)[C@H](NC(=O)/C(=N/O[C@@H](COc2ccc(NC(=O)N[C@@H]3CCCNC3)cc2)C(=O)O)c2csc(N)n2)C(=O)N1OS(=O)(=O)O. The van der Waals surface area contributed by atoms with E-state index < -0.39 is 58.2 Å². The van der Waals surface area contributed by atoms with Gasteiger partial charge >= 0.3 is 22.4 Å². The minimum absolute atomic E-state index is 0.0250. The molecule has 0 unspecified atom stereocenters. The molecule has 0 bridgehead atoms. The van der Waals surface area contributed by atoms with Crippen molar-refractivity contribution in [3.8, 4) is 5.75 Å². The molecule has 0 saturated carbocycles. The summed E-state index contributed by atoms with van der Waals surface area (Å²) in [4.78, 5) is 58.9. The van der Waals surface area contributed by atoms with E-state index in [9.17, 15) is 32.7 Å². The van der Waals surface area contributed by atoms with Gasteiger partial charge in [-0.1, -0.05) is 5.16 Å². The number of oxime groups is 1. The average molecular weight is 685 g/mol. The number of aromatic nitrogens is 1. The van der Waals surface area contributed by atoms with E-state index in [0.717, 1.165) is 30.7 Å². The number of nitrogen functional groups attached to an aromatic ring is 1. The first-order chi connectivity index (χ1) is 21.6. The number of ether oxygens (including phenoxy) is 1. The number of nitrogens with zero attached hydrogens (tertiary/aromatic N) is 3. The number of thiazole rings is 1. The number of β-lactam (4-membered cyclic amide) rings is 1. The number of piperidine rings is 1. The van der Waals surface area contributed by atoms with Gasteiger partial charge in [0, 0.05) is 23.7 Å². The molecule has 250 valence electrons. The van der Waals surface area contributed by atoms with Crippen LogP contribution in [0.25, 0.3) is 0 Å². The third-order valence-electron chi connectivity index (χ3n) is 6.79. The monoisotopic (exact) mass is 684 g/mol. The molecule has 2 saturated heterocycles. The van der Waals surface area contributed by atoms with Gasteiger partial charge in [-0.2, -0.15) is 13.5 Å². The van der Waals surface area contributed by atoms with Gasteiger partial charge in [-0.05, 0) is 57.5 Å². The molecule has 0 radical (unpaired) electrons. The van der Waals surface area contributed by atoms with Gasteiger partial charge in [0.25, 0.3) is 17.9 Å². The van der Waals surface area contributed by atoms with Crippen molar-refractivity contribution in [1.82, 2.24) is 26.0 Å². The quantitative estimate of drug-likeness (QED) is 0.0617. The van der Waals surface area contributed by atoms with Crippen molar-refractivity contribution in [3.05, 3.63) is 35.3 Å². The molecule has 3 heterocycles. The molecular weight excluding hydrogens is 652 g/mol. The first kappa shape index (κ1) is 34.3. The lowest BCUT2D eigenvalue weighted by Gasteiger charge is -2.50. The molecule has 3 atom stereocenters. The Morgan fingerprint density at radius 1 is 1.26 bits per heavy atom. The van der Waals surface area contributed by atoms with E-state index in [1.165, 1.54) is 31.4 Å². The zero-order valence-electron chi connectivity index (χ0n) is 24.5. The number of amides is 4. The van der Waals surface area contributed by atoms with E-state index in [2.05, 4.69) is 35.7 Å². The lowest BCUT2D eigenvalue weighted by atomic mass is 9.84. The van der Waals surface area contributed by atoms with Crippen molar-refractivity contribution in [1.29, 1.82) is 0 Å². The summed E-state index contributed by atoms with van der Waals surface area (Å²) in [7, 11) is -5.02. The van der Waals surface area contributed by atoms with Crippen LogP contribution >= 0.6 is 11.3 Å². The Labute approximate surface area is 266 Å². The van der Waals surface area contributed by atoms with Crippen LogP contribution in [0.3, 0.4) is 0 Å². The smallest absolute Gasteiger partial charge is 0.418 e. The Balaban J connectivity index is 1.38. The number of nitrogens with one attached hydrogen (secondary N) is 4. The lowest BCUT2D eigenvalue weighted by Crippen LogP contribution is -2.76. The number of anilines is 2. The minimum Gasteiger partial charge on any atom is -0.489 e. The van der Waals surface area contributed by atoms with Crippen LogP contribution in [0.15, 0.2) is 34.8 Å². The number of carboxylic acid groups (broad SMARTS) is 1. The molecule has 0 spiro atoms. The number of carbonyl (C=O) groups is 4. The lowest BCUT2D eigenvalue weighted by molar-refractivity contribution is -0.218. The Morgan fingerprint density at radius 3 is 2.54 bits per heavy atom. The number of nitrogens with two attached hydrogens (primary N) is 1. The maximum absolute atomic E-state index is 13.2. The number of hydrogen-bond acceptors (Lipinski definition) is 14. The van der Waals surface area contributed by atoms with Crippen LogP contribution in [0.2, 0.25) is 0 Å². The molecule has 2 fully saturated rings. The molecule has 1 aromatic carbocycles. The number of aliphatic carboxylic acids is 1. The standard InChI is InChI=1S/C25H32N8O11S2/c1-25(2)19(21(35)33(25)44-46(39,40)41)31-20(34)18(16-12-45-23(26)30-16)32-43-17(22(36)37)11-42-15-7-5-13(6-8-15)28-24(38)29-14-4-3-9-27-10-14/h5-8,12,14,17,19,27H,3-4,9-11H2,1-2H3,(H2,26,30)(H,31,34)(H,36,37)(H2,28,29,38)(H,39,40,41)/b32-18+/t14-,17+,19-/m1/s1. The summed E-state index contributed by atoms with van der Waals surface area (Å²) >= 11 is 0.944. The molecule has 8 N–H and O–H groups in total. The summed E-state index contributed by atoms with van der Waals surface area (Å²) in [5.74, 6) is -3.29. The van der Waals surface area contributed by atoms with Crippen molar-refractivity contribution < 1.29 is 51.1 Å². The van der Waals surface area contributed by atoms with Gasteiger partial charge in [0.2, 0.25) is 0 Å². The van der Waals surface area contributed by atoms with Crippen LogP contribution in [0.5, 0.6) is 5.75 Å². The highest BCUT2D eigenvalue weighted by Crippen LogP contribution is 2.33. The summed E-state index contributed by atoms with van der Waals surface area (Å²) < 4.78 is 40.9. The summed E-state index contributed by atoms with van der Waals surface area (Å²) in [6.45, 7) is 3.75. The Morgan fingerprint density at radius 2 is 1.98 bits per heavy atom. The number of carbonyl (C=O) groups excluding carboxylic acids is 3. The summed E-state index contributed by atoms with van der Waals surface area (Å²) in [5, 5.41) is 26.2. The van der Waals surface area contributed by atoms with Crippen LogP contribution < -0.4 is 31.7 Å². The number of urea groups is 1. The van der Waals surface area contributed by atoms with Crippen LogP contribution in [0.4, 0.5) is 15.6 Å². The topological polar surface area (TPSA) is 273 Å². The summed E-state index contributed by atoms with van der Waals surface area (Å²) in [5.41, 5.74) is 4.06. The largest absolute Gasteiger partial charge is 0.489 e. The second-order valence-electron chi connectivity index (χ2n) is 10.6. The van der Waals surface area contributed by atoms with Gasteiger partial charge in [0.15, 0.2) is 10.8 Å². The summed E-state index contributed by atoms with van der Waals surface area (Å²) in [6, 6.07) is 4.45. The maximum Gasteiger partial charge on any atom is 0.418 e. The number of carboxylic acids is 1. The molecule has 46 heavy (non-hydrogen) atoms. The molecule has 0 aliphatic carbocycles. The molecule has 2 aliphatic rings. The van der Waals surface area contributed by atoms with Crippen LogP contribution in [0.1, 0.15) is 32.4 Å². The van der Waals surface area contributed by atoms with Crippen molar-refractivity contribution in [2.75, 3.05) is 30.7 Å². The van der Waals surface area contributed by atoms with Crippen LogP contribution in [-0.2, 0) is 33.9 Å². The molecule has 19 nitrogen and oxygen atoms in total. The molecule has 2 aromatic rings. The van der Waals surface area contributed by atoms with Crippen molar-refractivity contribution in [2.24, 2.45) is 5.16 Å². The third kappa shape index (κ3) is 8.78. The molecular formula is C25H32N8O11S2. The first-order valence-corrected chi connectivity index (χ1v) is 15.9. The van der Waals surface area contributed by atoms with Crippen molar-refractivity contribution >= 4 is 62.1 Å². The zero-order valence-corrected chi connectivity index (χ0v) is 26.1. The molecule has 1 aromatic heterocycles. The fraction of sp³-hybridized carbons (Fsp3) is 0.440. The summed E-state index contributed by atoms with van der Waals surface area (Å²) in [6.07, 6.45) is 0.126. The highest BCUT2D eigenvalue weighted by Gasteiger charge is 2.58. The van der Waals surface area contributed by atoms with Crippen molar-refractivity contribution in [3.63, 3.8) is 0 Å². The van der Waals surface area contributed by atoms with E-state index in [-0.39, 0.29) is 28.6 Å². The number of rotatable bonds is 13. The molecule has 2 aliphatic heterocycles. The normalized spacial score (nSPS) is 20.2. The fourth-order valence-electron chi connectivity index (χ4n) is 4.42. The second-order valence-corrected chi connectivity index (χ2v) is 12.5. The van der Waals surface area contributed by atoms with Gasteiger partial charge in [0.05, 0.1) is 5.54 Å². The van der Waals surface area contributed by atoms with E-state index in [0.29, 0.717) is 17.3 Å². The van der Waals surface area contributed by atoms with Crippen LogP contribution in [-0.4, -0.2) is 101 Å². The van der Waals surface area contributed by atoms with E-state index in [1.807, 2.05) is 0 Å². The number of hydrogen-bond donors (Lipinski definition) is 7. The number of benzene rings is 1. The minimum atomic E-state index is -5.02. The van der Waals surface area contributed by atoms with Gasteiger partial charge < -0.3 is 41.7 Å². The third-order valence-corrected chi connectivity index (χ3v) is 7.80. The highest BCUT2D eigenvalue weighted by molar-refractivity contribution is 7.80. The predicted molar refractivity (Wildman–Crippen MR) is 161 cm³/mol. The zero-order chi connectivity index (χ0) is 33.6. The van der Waals surface area contributed by atoms with Gasteiger partial charge in [-0.3, -0.25) is 14.1 Å². The van der Waals surface area contributed by atoms with Gasteiger partial charge in [-0.15, -0.1) is 15.6 Å². The molecule has 4 amide bonds. The maximum atomic E-state index is 13.2. The van der Waals surface area contributed by atoms with E-state index in [1.54, 1.807) is 12.1 Å². The number of hydroxylamine groups is 2. The van der Waals surface area contributed by atoms with Gasteiger partial charge in [-0.25, -0.2) is 14.6 Å².